The van der Waals surface area contributed by atoms with Gasteiger partial charge in [-0.1, -0.05) is 48.0 Å². The topological polar surface area (TPSA) is 47.6 Å². The maximum absolute atomic E-state index is 12.1. The van der Waals surface area contributed by atoms with Crippen LogP contribution in [0, 0.1) is 0 Å². The molecule has 0 radical (unpaired) electrons. The van der Waals surface area contributed by atoms with Crippen molar-refractivity contribution in [1.29, 1.82) is 0 Å². The molecule has 4 nitrogen and oxygen atoms in total. The molecular weight excluding hydrogens is 338 g/mol. The Hall–Kier alpha value is -2.46. The van der Waals surface area contributed by atoms with Gasteiger partial charge >= 0.3 is 0 Å². The number of hydrogen-bond donors (Lipinski definition) is 1. The van der Waals surface area contributed by atoms with Crippen LogP contribution in [-0.2, 0) is 4.79 Å². The van der Waals surface area contributed by atoms with Crippen molar-refractivity contribution in [2.24, 2.45) is 0 Å². The number of ether oxygens (including phenoxy) is 2. The largest absolute Gasteiger partial charge is 0.493 e. The van der Waals surface area contributed by atoms with Crippen LogP contribution >= 0.6 is 11.6 Å². The Balaban J connectivity index is 1.97. The molecule has 0 aromatic heterocycles. The van der Waals surface area contributed by atoms with Gasteiger partial charge in [0, 0.05) is 5.02 Å². The van der Waals surface area contributed by atoms with Crippen LogP contribution < -0.4 is 14.8 Å². The standard InChI is InChI=1S/C20H22ClNO3/c1-4-7-15-10-11-18(19(12-15)24-3)25-13-20(23)22-14(2)16-8-5-6-9-17(16)21/h4-12,14H,13H2,1-3H3,(H,22,23)/b7-4+. The highest BCUT2D eigenvalue weighted by atomic mass is 35.5. The number of benzene rings is 2. The van der Waals surface area contributed by atoms with Crippen LogP contribution in [0.4, 0.5) is 0 Å². The monoisotopic (exact) mass is 359 g/mol. The van der Waals surface area contributed by atoms with Crippen molar-refractivity contribution in [3.8, 4) is 11.5 Å². The maximum atomic E-state index is 12.1. The lowest BCUT2D eigenvalue weighted by Crippen LogP contribution is -2.31. The third-order valence-corrected chi connectivity index (χ3v) is 4.00. The molecule has 1 atom stereocenters. The Kier molecular flexibility index (Phi) is 6.90. The van der Waals surface area contributed by atoms with Crippen molar-refractivity contribution in [3.63, 3.8) is 0 Å². The zero-order valence-electron chi connectivity index (χ0n) is 14.6. The van der Waals surface area contributed by atoms with Gasteiger partial charge in [-0.2, -0.15) is 0 Å². The van der Waals surface area contributed by atoms with E-state index in [9.17, 15) is 4.79 Å². The number of methoxy groups -OCH3 is 1. The molecule has 132 valence electrons. The van der Waals surface area contributed by atoms with E-state index in [0.29, 0.717) is 16.5 Å². The molecule has 1 N–H and O–H groups in total. The van der Waals surface area contributed by atoms with Crippen molar-refractivity contribution in [2.75, 3.05) is 13.7 Å². The number of allylic oxidation sites excluding steroid dienone is 1. The summed E-state index contributed by atoms with van der Waals surface area (Å²) in [5.41, 5.74) is 1.87. The van der Waals surface area contributed by atoms with E-state index in [4.69, 9.17) is 21.1 Å². The molecule has 0 aliphatic heterocycles. The Bertz CT molecular complexity index is 758. The zero-order chi connectivity index (χ0) is 18.2. The van der Waals surface area contributed by atoms with Crippen LogP contribution in [0.1, 0.15) is 31.0 Å². The molecule has 0 heterocycles. The van der Waals surface area contributed by atoms with E-state index in [1.807, 2.05) is 56.3 Å². The van der Waals surface area contributed by atoms with E-state index in [1.165, 1.54) is 0 Å². The minimum Gasteiger partial charge on any atom is -0.493 e. The molecular formula is C20H22ClNO3. The van der Waals surface area contributed by atoms with Crippen molar-refractivity contribution < 1.29 is 14.3 Å². The lowest BCUT2D eigenvalue weighted by Gasteiger charge is -2.16. The normalized spacial score (nSPS) is 12.0. The number of halogens is 1. The second kappa shape index (κ2) is 9.14. The fourth-order valence-electron chi connectivity index (χ4n) is 2.43. The Morgan fingerprint density at radius 2 is 2.00 bits per heavy atom. The summed E-state index contributed by atoms with van der Waals surface area (Å²) in [5.74, 6) is 0.880. The van der Waals surface area contributed by atoms with Gasteiger partial charge in [0.05, 0.1) is 13.2 Å². The van der Waals surface area contributed by atoms with E-state index in [-0.39, 0.29) is 18.6 Å². The molecule has 0 aliphatic carbocycles. The van der Waals surface area contributed by atoms with Gasteiger partial charge < -0.3 is 14.8 Å². The van der Waals surface area contributed by atoms with E-state index in [0.717, 1.165) is 11.1 Å². The van der Waals surface area contributed by atoms with Gasteiger partial charge in [0.25, 0.3) is 5.91 Å². The highest BCUT2D eigenvalue weighted by Gasteiger charge is 2.13. The average molecular weight is 360 g/mol. The van der Waals surface area contributed by atoms with Gasteiger partial charge in [-0.15, -0.1) is 0 Å². The fourth-order valence-corrected chi connectivity index (χ4v) is 2.73. The minimum atomic E-state index is -0.230. The van der Waals surface area contributed by atoms with Gasteiger partial charge in [-0.25, -0.2) is 0 Å². The van der Waals surface area contributed by atoms with Gasteiger partial charge in [0.1, 0.15) is 0 Å². The zero-order valence-corrected chi connectivity index (χ0v) is 15.3. The summed E-state index contributed by atoms with van der Waals surface area (Å²) in [6.45, 7) is 3.72. The third kappa shape index (κ3) is 5.26. The number of nitrogens with one attached hydrogen (secondary N) is 1. The van der Waals surface area contributed by atoms with Crippen molar-refractivity contribution >= 4 is 23.6 Å². The summed E-state index contributed by atoms with van der Waals surface area (Å²) < 4.78 is 10.9. The first-order chi connectivity index (χ1) is 12.0. The molecule has 1 unspecified atom stereocenters. The van der Waals surface area contributed by atoms with Crippen LogP contribution in [0.5, 0.6) is 11.5 Å². The van der Waals surface area contributed by atoms with E-state index < -0.39 is 0 Å². The smallest absolute Gasteiger partial charge is 0.258 e. The van der Waals surface area contributed by atoms with Crippen molar-refractivity contribution in [1.82, 2.24) is 5.32 Å². The molecule has 5 heteroatoms. The van der Waals surface area contributed by atoms with Crippen LogP contribution in [0.25, 0.3) is 6.08 Å². The van der Waals surface area contributed by atoms with E-state index >= 15 is 0 Å². The number of amides is 1. The van der Waals surface area contributed by atoms with Crippen LogP contribution in [0.3, 0.4) is 0 Å². The number of carbonyl (C=O) groups excluding carboxylic acids is 1. The van der Waals surface area contributed by atoms with Crippen LogP contribution in [-0.4, -0.2) is 19.6 Å². The molecule has 0 saturated heterocycles. The summed E-state index contributed by atoms with van der Waals surface area (Å²) in [6.07, 6.45) is 3.91. The Morgan fingerprint density at radius 3 is 2.68 bits per heavy atom. The van der Waals surface area contributed by atoms with Gasteiger partial charge in [0.2, 0.25) is 0 Å². The summed E-state index contributed by atoms with van der Waals surface area (Å²) in [4.78, 5) is 12.1. The summed E-state index contributed by atoms with van der Waals surface area (Å²) >= 11 is 6.15. The number of rotatable bonds is 7. The molecule has 25 heavy (non-hydrogen) atoms. The molecule has 2 aromatic rings. The molecule has 0 aliphatic rings. The molecule has 1 amide bonds. The highest BCUT2D eigenvalue weighted by molar-refractivity contribution is 6.31. The maximum Gasteiger partial charge on any atom is 0.258 e. The first-order valence-electron chi connectivity index (χ1n) is 8.02. The van der Waals surface area contributed by atoms with E-state index in [1.54, 1.807) is 19.2 Å². The second-order valence-corrected chi connectivity index (χ2v) is 5.92. The first kappa shape index (κ1) is 18.9. The molecule has 2 rings (SSSR count). The summed E-state index contributed by atoms with van der Waals surface area (Å²) in [6, 6.07) is 12.8. The minimum absolute atomic E-state index is 0.103. The molecule has 2 aromatic carbocycles. The highest BCUT2D eigenvalue weighted by Crippen LogP contribution is 2.28. The Morgan fingerprint density at radius 1 is 1.24 bits per heavy atom. The molecule has 0 fully saturated rings. The average Bonchev–Trinajstić information content (AvgIpc) is 2.61. The van der Waals surface area contributed by atoms with Crippen LogP contribution in [0.15, 0.2) is 48.5 Å². The lowest BCUT2D eigenvalue weighted by atomic mass is 10.1. The second-order valence-electron chi connectivity index (χ2n) is 5.51. The van der Waals surface area contributed by atoms with E-state index in [2.05, 4.69) is 5.32 Å². The molecule has 0 bridgehead atoms. The Labute approximate surface area is 153 Å². The van der Waals surface area contributed by atoms with Crippen LogP contribution in [0.2, 0.25) is 5.02 Å². The third-order valence-electron chi connectivity index (χ3n) is 3.65. The quantitative estimate of drug-likeness (QED) is 0.783. The number of hydrogen-bond acceptors (Lipinski definition) is 3. The van der Waals surface area contributed by atoms with Crippen molar-refractivity contribution in [3.05, 3.63) is 64.7 Å². The van der Waals surface area contributed by atoms with Gasteiger partial charge in [0.15, 0.2) is 18.1 Å². The van der Waals surface area contributed by atoms with Gasteiger partial charge in [-0.3, -0.25) is 4.79 Å². The predicted octanol–water partition coefficient (Wildman–Crippen LogP) is 4.64. The molecule has 0 saturated carbocycles. The summed E-state index contributed by atoms with van der Waals surface area (Å²) in [5, 5.41) is 3.50. The first-order valence-corrected chi connectivity index (χ1v) is 8.40. The van der Waals surface area contributed by atoms with Gasteiger partial charge in [-0.05, 0) is 43.2 Å². The van der Waals surface area contributed by atoms with Crippen molar-refractivity contribution in [2.45, 2.75) is 19.9 Å². The molecule has 0 spiro atoms. The SMILES string of the molecule is C/C=C/c1ccc(OCC(=O)NC(C)c2ccccc2Cl)c(OC)c1. The lowest BCUT2D eigenvalue weighted by molar-refractivity contribution is -0.123. The fraction of sp³-hybridized carbons (Fsp3) is 0.250. The predicted molar refractivity (Wildman–Crippen MR) is 101 cm³/mol. The summed E-state index contributed by atoms with van der Waals surface area (Å²) in [7, 11) is 1.57. The number of carbonyl (C=O) groups is 1.